The number of ether oxygens (including phenoxy) is 1. The zero-order chi connectivity index (χ0) is 18.9. The molecule has 2 aromatic rings. The van der Waals surface area contributed by atoms with Crippen LogP contribution in [0.25, 0.3) is 0 Å². The van der Waals surface area contributed by atoms with Crippen LogP contribution < -0.4 is 4.74 Å². The van der Waals surface area contributed by atoms with Crippen molar-refractivity contribution in [2.45, 2.75) is 30.0 Å². The van der Waals surface area contributed by atoms with E-state index in [2.05, 4.69) is 9.84 Å². The molecule has 2 heterocycles. The lowest BCUT2D eigenvalue weighted by atomic mass is 9.96. The molecule has 6 nitrogen and oxygen atoms in total. The Balaban J connectivity index is 1.76. The molecule has 26 heavy (non-hydrogen) atoms. The fraction of sp³-hybridized carbons (Fsp3) is 0.438. The zero-order valence-electron chi connectivity index (χ0n) is 14.0. The van der Waals surface area contributed by atoms with Crippen molar-refractivity contribution in [2.75, 3.05) is 13.1 Å². The third-order valence-electron chi connectivity index (χ3n) is 4.23. The standard InChI is InChI=1S/C16H18F3N3O3S/c1-21-10-8-15(20-21)12-3-2-9-22(11-12)26(23,24)14-6-4-13(5-7-14)25-16(17,18)19/h4-8,10,12H,2-3,9,11H2,1H3. The third kappa shape index (κ3) is 4.18. The molecule has 1 fully saturated rings. The second kappa shape index (κ2) is 6.92. The van der Waals surface area contributed by atoms with Crippen LogP contribution in [0.2, 0.25) is 0 Å². The minimum absolute atomic E-state index is 0.00689. The third-order valence-corrected chi connectivity index (χ3v) is 6.11. The molecule has 10 heteroatoms. The number of rotatable bonds is 4. The van der Waals surface area contributed by atoms with Gasteiger partial charge in [0.2, 0.25) is 10.0 Å². The van der Waals surface area contributed by atoms with Gasteiger partial charge in [-0.1, -0.05) is 0 Å². The summed E-state index contributed by atoms with van der Waals surface area (Å²) in [5, 5.41) is 4.34. The molecule has 3 rings (SSSR count). The summed E-state index contributed by atoms with van der Waals surface area (Å²) in [6.45, 7) is 0.659. The number of nitrogens with zero attached hydrogens (tertiary/aromatic N) is 3. The molecule has 0 bridgehead atoms. The first kappa shape index (κ1) is 18.7. The molecule has 1 aromatic heterocycles. The summed E-state index contributed by atoms with van der Waals surface area (Å²) in [5.41, 5.74) is 0.835. The SMILES string of the molecule is Cn1ccc(C2CCCN(S(=O)(=O)c3ccc(OC(F)(F)F)cc3)C2)n1. The molecule has 0 spiro atoms. The minimum atomic E-state index is -4.82. The predicted molar refractivity (Wildman–Crippen MR) is 87.1 cm³/mol. The molecular weight excluding hydrogens is 371 g/mol. The Morgan fingerprint density at radius 1 is 1.19 bits per heavy atom. The van der Waals surface area contributed by atoms with Gasteiger partial charge in [0.05, 0.1) is 10.6 Å². The molecule has 0 amide bonds. The number of alkyl halides is 3. The molecule has 1 atom stereocenters. The molecular formula is C16H18F3N3O3S. The Morgan fingerprint density at radius 2 is 1.88 bits per heavy atom. The van der Waals surface area contributed by atoms with E-state index in [-0.39, 0.29) is 10.8 Å². The summed E-state index contributed by atoms with van der Waals surface area (Å²) in [6.07, 6.45) is -1.48. The van der Waals surface area contributed by atoms with E-state index in [0.29, 0.717) is 19.5 Å². The first-order valence-electron chi connectivity index (χ1n) is 8.01. The van der Waals surface area contributed by atoms with E-state index in [1.807, 2.05) is 12.3 Å². The quantitative estimate of drug-likeness (QED) is 0.807. The Morgan fingerprint density at radius 3 is 2.46 bits per heavy atom. The highest BCUT2D eigenvalue weighted by Gasteiger charge is 2.33. The van der Waals surface area contributed by atoms with E-state index in [1.165, 1.54) is 4.31 Å². The van der Waals surface area contributed by atoms with Crippen LogP contribution in [0.1, 0.15) is 24.5 Å². The van der Waals surface area contributed by atoms with Crippen LogP contribution in [0.4, 0.5) is 13.2 Å². The van der Waals surface area contributed by atoms with E-state index in [0.717, 1.165) is 36.4 Å². The van der Waals surface area contributed by atoms with E-state index in [1.54, 1.807) is 11.7 Å². The number of piperidine rings is 1. The van der Waals surface area contributed by atoms with Gasteiger partial charge in [-0.2, -0.15) is 9.40 Å². The normalized spacial score (nSPS) is 19.5. The second-order valence-corrected chi connectivity index (χ2v) is 8.07. The van der Waals surface area contributed by atoms with Crippen molar-refractivity contribution in [1.29, 1.82) is 0 Å². The fourth-order valence-electron chi connectivity index (χ4n) is 3.02. The van der Waals surface area contributed by atoms with Gasteiger partial charge < -0.3 is 4.74 Å². The fourth-order valence-corrected chi connectivity index (χ4v) is 4.54. The Labute approximate surface area is 149 Å². The first-order valence-corrected chi connectivity index (χ1v) is 9.45. The van der Waals surface area contributed by atoms with Crippen molar-refractivity contribution >= 4 is 10.0 Å². The maximum Gasteiger partial charge on any atom is 0.573 e. The Hall–Kier alpha value is -2.07. The number of hydrogen-bond acceptors (Lipinski definition) is 4. The average Bonchev–Trinajstić information content (AvgIpc) is 3.00. The minimum Gasteiger partial charge on any atom is -0.406 e. The maximum absolute atomic E-state index is 12.8. The van der Waals surface area contributed by atoms with Crippen LogP contribution in [0.15, 0.2) is 41.4 Å². The molecule has 1 aliphatic heterocycles. The second-order valence-electron chi connectivity index (χ2n) is 6.14. The largest absolute Gasteiger partial charge is 0.573 e. The highest BCUT2D eigenvalue weighted by Crippen LogP contribution is 2.30. The summed E-state index contributed by atoms with van der Waals surface area (Å²) in [4.78, 5) is -0.0614. The molecule has 1 saturated heterocycles. The smallest absolute Gasteiger partial charge is 0.406 e. The summed E-state index contributed by atoms with van der Waals surface area (Å²) < 4.78 is 69.1. The average molecular weight is 389 g/mol. The Kier molecular flexibility index (Phi) is 4.98. The van der Waals surface area contributed by atoms with Gasteiger partial charge in [0.15, 0.2) is 0 Å². The van der Waals surface area contributed by atoms with Crippen LogP contribution in [-0.2, 0) is 17.1 Å². The number of benzene rings is 1. The molecule has 1 unspecified atom stereocenters. The van der Waals surface area contributed by atoms with Crippen molar-refractivity contribution in [3.63, 3.8) is 0 Å². The summed E-state index contributed by atoms with van der Waals surface area (Å²) in [6, 6.07) is 6.12. The lowest BCUT2D eigenvalue weighted by Crippen LogP contribution is -2.39. The van der Waals surface area contributed by atoms with Crippen LogP contribution in [0.5, 0.6) is 5.75 Å². The molecule has 0 saturated carbocycles. The maximum atomic E-state index is 12.8. The van der Waals surface area contributed by atoms with Crippen LogP contribution >= 0.6 is 0 Å². The molecule has 142 valence electrons. The molecule has 0 radical (unpaired) electrons. The van der Waals surface area contributed by atoms with Crippen LogP contribution in [-0.4, -0.2) is 42.0 Å². The number of halogens is 3. The summed E-state index contributed by atoms with van der Waals surface area (Å²) >= 11 is 0. The van der Waals surface area contributed by atoms with E-state index in [9.17, 15) is 21.6 Å². The number of aromatic nitrogens is 2. The van der Waals surface area contributed by atoms with Crippen LogP contribution in [0, 0.1) is 0 Å². The van der Waals surface area contributed by atoms with E-state index >= 15 is 0 Å². The topological polar surface area (TPSA) is 64.4 Å². The first-order chi connectivity index (χ1) is 12.1. The van der Waals surface area contributed by atoms with Crippen molar-refractivity contribution in [3.8, 4) is 5.75 Å². The number of hydrogen-bond donors (Lipinski definition) is 0. The molecule has 0 aliphatic carbocycles. The van der Waals surface area contributed by atoms with Gasteiger partial charge in [0, 0.05) is 32.3 Å². The highest BCUT2D eigenvalue weighted by atomic mass is 32.2. The molecule has 1 aromatic carbocycles. The Bertz CT molecular complexity index is 863. The van der Waals surface area contributed by atoms with Gasteiger partial charge in [-0.25, -0.2) is 8.42 Å². The van der Waals surface area contributed by atoms with Crippen molar-refractivity contribution in [3.05, 3.63) is 42.2 Å². The van der Waals surface area contributed by atoms with Gasteiger partial charge in [-0.05, 0) is 43.2 Å². The highest BCUT2D eigenvalue weighted by molar-refractivity contribution is 7.89. The van der Waals surface area contributed by atoms with E-state index in [4.69, 9.17) is 0 Å². The summed E-state index contributed by atoms with van der Waals surface area (Å²) in [7, 11) is -2.00. The van der Waals surface area contributed by atoms with Crippen molar-refractivity contribution in [1.82, 2.24) is 14.1 Å². The van der Waals surface area contributed by atoms with Gasteiger partial charge in [0.25, 0.3) is 0 Å². The zero-order valence-corrected chi connectivity index (χ0v) is 14.8. The molecule has 0 N–H and O–H groups in total. The van der Waals surface area contributed by atoms with Gasteiger partial charge in [-0.3, -0.25) is 4.68 Å². The number of aryl methyl sites for hydroxylation is 1. The van der Waals surface area contributed by atoms with E-state index < -0.39 is 22.1 Å². The van der Waals surface area contributed by atoms with Gasteiger partial charge in [0.1, 0.15) is 5.75 Å². The van der Waals surface area contributed by atoms with Gasteiger partial charge >= 0.3 is 6.36 Å². The molecule has 1 aliphatic rings. The monoisotopic (exact) mass is 389 g/mol. The predicted octanol–water partition coefficient (Wildman–Crippen LogP) is 2.89. The van der Waals surface area contributed by atoms with Gasteiger partial charge in [-0.15, -0.1) is 13.2 Å². The van der Waals surface area contributed by atoms with Crippen LogP contribution in [0.3, 0.4) is 0 Å². The number of sulfonamides is 1. The summed E-state index contributed by atoms with van der Waals surface area (Å²) in [5.74, 6) is -0.464. The van der Waals surface area contributed by atoms with Crippen molar-refractivity contribution in [2.24, 2.45) is 7.05 Å². The van der Waals surface area contributed by atoms with Crippen molar-refractivity contribution < 1.29 is 26.3 Å². The lowest BCUT2D eigenvalue weighted by Gasteiger charge is -2.31. The lowest BCUT2D eigenvalue weighted by molar-refractivity contribution is -0.274.